The van der Waals surface area contributed by atoms with Crippen molar-refractivity contribution in [3.8, 4) is 5.75 Å². The Morgan fingerprint density at radius 3 is 2.62 bits per heavy atom. The third kappa shape index (κ3) is 3.29. The summed E-state index contributed by atoms with van der Waals surface area (Å²) in [5.74, 6) is 0.731. The van der Waals surface area contributed by atoms with Crippen LogP contribution in [-0.4, -0.2) is 39.4 Å². The number of aromatic hydroxyl groups is 1. The molecule has 1 aromatic heterocycles. The normalized spacial score (nSPS) is 17.1. The van der Waals surface area contributed by atoms with Crippen LogP contribution < -0.4 is 5.73 Å². The minimum absolute atomic E-state index is 0.235. The fourth-order valence-electron chi connectivity index (χ4n) is 3.17. The van der Waals surface area contributed by atoms with Crippen molar-refractivity contribution in [1.29, 1.82) is 0 Å². The van der Waals surface area contributed by atoms with Gasteiger partial charge in [0, 0.05) is 11.9 Å². The van der Waals surface area contributed by atoms with Crippen LogP contribution in [0.1, 0.15) is 32.1 Å². The second kappa shape index (κ2) is 6.35. The SMILES string of the molecule is Nc1nn(CCCN2CCCCCC2)c2ccc(O)cc12. The van der Waals surface area contributed by atoms with Crippen LogP contribution in [0.4, 0.5) is 5.82 Å². The van der Waals surface area contributed by atoms with Crippen molar-refractivity contribution in [2.24, 2.45) is 0 Å². The van der Waals surface area contributed by atoms with Gasteiger partial charge in [-0.3, -0.25) is 4.68 Å². The van der Waals surface area contributed by atoms with Gasteiger partial charge in [0.25, 0.3) is 0 Å². The lowest BCUT2D eigenvalue weighted by atomic mass is 10.2. The van der Waals surface area contributed by atoms with Crippen molar-refractivity contribution < 1.29 is 5.11 Å². The van der Waals surface area contributed by atoms with Crippen LogP contribution in [0, 0.1) is 0 Å². The molecule has 0 atom stereocenters. The minimum Gasteiger partial charge on any atom is -0.508 e. The van der Waals surface area contributed by atoms with Crippen molar-refractivity contribution in [2.45, 2.75) is 38.6 Å². The van der Waals surface area contributed by atoms with Crippen LogP contribution in [0.5, 0.6) is 5.75 Å². The smallest absolute Gasteiger partial charge is 0.153 e. The first-order valence-electron chi connectivity index (χ1n) is 7.91. The molecule has 1 aromatic carbocycles. The summed E-state index contributed by atoms with van der Waals surface area (Å²) >= 11 is 0. The lowest BCUT2D eigenvalue weighted by Gasteiger charge is -2.19. The van der Waals surface area contributed by atoms with Crippen LogP contribution in [0.25, 0.3) is 10.9 Å². The Morgan fingerprint density at radius 1 is 1.10 bits per heavy atom. The lowest BCUT2D eigenvalue weighted by molar-refractivity contribution is 0.274. The molecule has 114 valence electrons. The Kier molecular flexibility index (Phi) is 4.29. The van der Waals surface area contributed by atoms with Gasteiger partial charge in [-0.15, -0.1) is 0 Å². The van der Waals surface area contributed by atoms with Gasteiger partial charge >= 0.3 is 0 Å². The third-order valence-electron chi connectivity index (χ3n) is 4.31. The number of nitrogens with zero attached hydrogens (tertiary/aromatic N) is 3. The average molecular weight is 288 g/mol. The zero-order valence-electron chi connectivity index (χ0n) is 12.5. The molecule has 1 aliphatic heterocycles. The molecule has 5 nitrogen and oxygen atoms in total. The highest BCUT2D eigenvalue weighted by Gasteiger charge is 2.11. The number of nitrogens with two attached hydrogens (primary N) is 1. The van der Waals surface area contributed by atoms with Crippen molar-refractivity contribution in [3.63, 3.8) is 0 Å². The van der Waals surface area contributed by atoms with Gasteiger partial charge in [-0.25, -0.2) is 0 Å². The molecule has 0 amide bonds. The molecule has 0 unspecified atom stereocenters. The molecular formula is C16H24N4O. The molecule has 1 aliphatic rings. The van der Waals surface area contributed by atoms with Crippen molar-refractivity contribution in [3.05, 3.63) is 18.2 Å². The van der Waals surface area contributed by atoms with Crippen LogP contribution in [0.3, 0.4) is 0 Å². The summed E-state index contributed by atoms with van der Waals surface area (Å²) in [6.07, 6.45) is 6.49. The first-order chi connectivity index (χ1) is 10.2. The van der Waals surface area contributed by atoms with Gasteiger partial charge in [0.1, 0.15) is 5.75 Å². The standard InChI is InChI=1S/C16H24N4O/c17-16-14-12-13(21)6-7-15(14)20(18-16)11-5-10-19-8-3-1-2-4-9-19/h6-7,12,21H,1-5,8-11H2,(H2,17,18). The zero-order valence-corrected chi connectivity index (χ0v) is 12.5. The monoisotopic (exact) mass is 288 g/mol. The van der Waals surface area contributed by atoms with Crippen LogP contribution in [-0.2, 0) is 6.54 Å². The van der Waals surface area contributed by atoms with E-state index in [2.05, 4.69) is 10.00 Å². The molecule has 5 heteroatoms. The molecule has 2 heterocycles. The molecule has 0 aliphatic carbocycles. The molecule has 1 saturated heterocycles. The van der Waals surface area contributed by atoms with E-state index in [4.69, 9.17) is 5.73 Å². The van der Waals surface area contributed by atoms with Crippen molar-refractivity contribution >= 4 is 16.7 Å². The van der Waals surface area contributed by atoms with Gasteiger partial charge < -0.3 is 15.7 Å². The summed E-state index contributed by atoms with van der Waals surface area (Å²) in [6.45, 7) is 4.46. The number of aromatic nitrogens is 2. The predicted octanol–water partition coefficient (Wildman–Crippen LogP) is 2.59. The average Bonchev–Trinajstić information content (AvgIpc) is 2.67. The second-order valence-corrected chi connectivity index (χ2v) is 5.92. The largest absolute Gasteiger partial charge is 0.508 e. The summed E-state index contributed by atoms with van der Waals surface area (Å²) in [5.41, 5.74) is 6.93. The Balaban J connectivity index is 1.62. The first kappa shape index (κ1) is 14.2. The van der Waals surface area contributed by atoms with Gasteiger partial charge in [-0.05, 0) is 57.1 Å². The van der Waals surface area contributed by atoms with Crippen LogP contribution in [0.15, 0.2) is 18.2 Å². The minimum atomic E-state index is 0.235. The maximum atomic E-state index is 9.54. The lowest BCUT2D eigenvalue weighted by Crippen LogP contribution is -2.26. The molecule has 0 bridgehead atoms. The molecule has 3 rings (SSSR count). The predicted molar refractivity (Wildman–Crippen MR) is 85.3 cm³/mol. The van der Waals surface area contributed by atoms with Gasteiger partial charge in [0.15, 0.2) is 5.82 Å². The summed E-state index contributed by atoms with van der Waals surface area (Å²) < 4.78 is 1.96. The van der Waals surface area contributed by atoms with Crippen molar-refractivity contribution in [2.75, 3.05) is 25.4 Å². The van der Waals surface area contributed by atoms with E-state index in [-0.39, 0.29) is 5.75 Å². The van der Waals surface area contributed by atoms with Crippen LogP contribution in [0.2, 0.25) is 0 Å². The maximum absolute atomic E-state index is 9.54. The quantitative estimate of drug-likeness (QED) is 0.907. The topological polar surface area (TPSA) is 67.3 Å². The van der Waals surface area contributed by atoms with E-state index >= 15 is 0 Å². The molecule has 0 spiro atoms. The summed E-state index contributed by atoms with van der Waals surface area (Å²) in [6, 6.07) is 5.26. The number of phenolic OH excluding ortho intramolecular Hbond substituents is 1. The number of nitrogen functional groups attached to an aromatic ring is 1. The zero-order chi connectivity index (χ0) is 14.7. The van der Waals surface area contributed by atoms with E-state index in [9.17, 15) is 5.11 Å². The Labute approximate surface area is 125 Å². The molecule has 1 fully saturated rings. The number of hydrogen-bond acceptors (Lipinski definition) is 4. The third-order valence-corrected chi connectivity index (χ3v) is 4.31. The van der Waals surface area contributed by atoms with Gasteiger partial charge in [0.05, 0.1) is 5.52 Å². The summed E-state index contributed by atoms with van der Waals surface area (Å²) in [4.78, 5) is 2.56. The van der Waals surface area contributed by atoms with E-state index in [1.807, 2.05) is 10.7 Å². The van der Waals surface area contributed by atoms with E-state index in [0.717, 1.165) is 30.4 Å². The fraction of sp³-hybridized carbons (Fsp3) is 0.562. The number of aryl methyl sites for hydroxylation is 1. The number of hydrogen-bond donors (Lipinski definition) is 2. The molecule has 21 heavy (non-hydrogen) atoms. The molecular weight excluding hydrogens is 264 g/mol. The number of benzene rings is 1. The Bertz CT molecular complexity index is 600. The van der Waals surface area contributed by atoms with E-state index in [1.54, 1.807) is 12.1 Å². The molecule has 3 N–H and O–H groups in total. The van der Waals surface area contributed by atoms with E-state index in [1.165, 1.54) is 38.8 Å². The fourth-order valence-corrected chi connectivity index (χ4v) is 3.17. The summed E-state index contributed by atoms with van der Waals surface area (Å²) in [7, 11) is 0. The second-order valence-electron chi connectivity index (χ2n) is 5.92. The number of rotatable bonds is 4. The van der Waals surface area contributed by atoms with Crippen LogP contribution >= 0.6 is 0 Å². The van der Waals surface area contributed by atoms with E-state index in [0.29, 0.717) is 5.82 Å². The van der Waals surface area contributed by atoms with E-state index < -0.39 is 0 Å². The van der Waals surface area contributed by atoms with Crippen molar-refractivity contribution in [1.82, 2.24) is 14.7 Å². The highest BCUT2D eigenvalue weighted by Crippen LogP contribution is 2.25. The molecule has 2 aromatic rings. The number of anilines is 1. The molecule has 0 radical (unpaired) electrons. The number of phenols is 1. The highest BCUT2D eigenvalue weighted by atomic mass is 16.3. The molecule has 0 saturated carbocycles. The van der Waals surface area contributed by atoms with Gasteiger partial charge in [-0.1, -0.05) is 12.8 Å². The highest BCUT2D eigenvalue weighted by molar-refractivity contribution is 5.90. The summed E-state index contributed by atoms with van der Waals surface area (Å²) in [5, 5.41) is 14.8. The maximum Gasteiger partial charge on any atom is 0.153 e. The van der Waals surface area contributed by atoms with Gasteiger partial charge in [-0.2, -0.15) is 5.10 Å². The first-order valence-corrected chi connectivity index (χ1v) is 7.91. The number of fused-ring (bicyclic) bond motifs is 1. The Morgan fingerprint density at radius 2 is 1.86 bits per heavy atom. The van der Waals surface area contributed by atoms with Gasteiger partial charge in [0.2, 0.25) is 0 Å². The number of likely N-dealkylation sites (tertiary alicyclic amines) is 1. The Hall–Kier alpha value is -1.75.